The molecule has 0 spiro atoms. The lowest BCUT2D eigenvalue weighted by atomic mass is 9.71. The number of carbonyl (C=O) groups excluding carboxylic acids is 2. The van der Waals surface area contributed by atoms with Crippen LogP contribution in [0.15, 0.2) is 45.3 Å². The van der Waals surface area contributed by atoms with Gasteiger partial charge in [-0.3, -0.25) is 9.59 Å². The predicted molar refractivity (Wildman–Crippen MR) is 101 cm³/mol. The molecule has 3 unspecified atom stereocenters. The standard InChI is InChI=1S/C21H21BrO4/c1-10-5-14(23)20(15(24)6-10)19-13-9-12(22)3-4-17(13)26-18-8-11(2)7-16(25)21(18)19/h3-4,9-11,19,23H,5-8H2,1-2H3. The van der Waals surface area contributed by atoms with E-state index in [9.17, 15) is 14.7 Å². The van der Waals surface area contributed by atoms with Crippen molar-refractivity contribution in [1.82, 2.24) is 0 Å². The first kappa shape index (κ1) is 17.5. The van der Waals surface area contributed by atoms with Gasteiger partial charge < -0.3 is 9.84 Å². The maximum absolute atomic E-state index is 12.9. The lowest BCUT2D eigenvalue weighted by molar-refractivity contribution is -0.118. The van der Waals surface area contributed by atoms with E-state index in [0.717, 1.165) is 10.0 Å². The average Bonchev–Trinajstić information content (AvgIpc) is 2.53. The van der Waals surface area contributed by atoms with E-state index in [0.29, 0.717) is 48.3 Å². The quantitative estimate of drug-likeness (QED) is 0.700. The van der Waals surface area contributed by atoms with Crippen LogP contribution in [0.2, 0.25) is 0 Å². The summed E-state index contributed by atoms with van der Waals surface area (Å²) >= 11 is 3.47. The molecular weight excluding hydrogens is 396 g/mol. The van der Waals surface area contributed by atoms with E-state index in [1.54, 1.807) is 0 Å². The van der Waals surface area contributed by atoms with Gasteiger partial charge in [-0.15, -0.1) is 0 Å². The van der Waals surface area contributed by atoms with Crippen LogP contribution in [-0.2, 0) is 9.59 Å². The van der Waals surface area contributed by atoms with Gasteiger partial charge in [-0.2, -0.15) is 0 Å². The Kier molecular flexibility index (Phi) is 4.30. The second-order valence-corrected chi connectivity index (χ2v) is 8.70. The van der Waals surface area contributed by atoms with Crippen LogP contribution < -0.4 is 4.74 Å². The number of rotatable bonds is 1. The van der Waals surface area contributed by atoms with E-state index < -0.39 is 5.92 Å². The molecule has 3 aliphatic rings. The Balaban J connectivity index is 1.95. The van der Waals surface area contributed by atoms with Gasteiger partial charge in [0.25, 0.3) is 0 Å². The van der Waals surface area contributed by atoms with Crippen molar-refractivity contribution in [3.63, 3.8) is 0 Å². The molecule has 1 aromatic carbocycles. The molecular formula is C21H21BrO4. The van der Waals surface area contributed by atoms with E-state index in [4.69, 9.17) is 4.74 Å². The zero-order chi connectivity index (χ0) is 18.6. The van der Waals surface area contributed by atoms with Gasteiger partial charge >= 0.3 is 0 Å². The molecule has 0 radical (unpaired) electrons. The summed E-state index contributed by atoms with van der Waals surface area (Å²) in [5.41, 5.74) is 1.70. The van der Waals surface area contributed by atoms with Crippen LogP contribution in [0.25, 0.3) is 0 Å². The Labute approximate surface area is 161 Å². The minimum Gasteiger partial charge on any atom is -0.512 e. The van der Waals surface area contributed by atoms with Crippen molar-refractivity contribution in [2.45, 2.75) is 45.4 Å². The number of fused-ring (bicyclic) bond motifs is 1. The van der Waals surface area contributed by atoms with Gasteiger partial charge in [-0.1, -0.05) is 29.8 Å². The van der Waals surface area contributed by atoms with Crippen molar-refractivity contribution in [2.24, 2.45) is 11.8 Å². The maximum Gasteiger partial charge on any atom is 0.163 e. The van der Waals surface area contributed by atoms with Gasteiger partial charge in [0.15, 0.2) is 11.6 Å². The second kappa shape index (κ2) is 6.38. The van der Waals surface area contributed by atoms with Crippen molar-refractivity contribution in [2.75, 3.05) is 0 Å². The number of ketones is 2. The summed E-state index contributed by atoms with van der Waals surface area (Å²) in [4.78, 5) is 25.7. The molecule has 26 heavy (non-hydrogen) atoms. The number of hydrogen-bond acceptors (Lipinski definition) is 4. The molecule has 5 heteroatoms. The summed E-state index contributed by atoms with van der Waals surface area (Å²) < 4.78 is 6.92. The van der Waals surface area contributed by atoms with Crippen LogP contribution in [0, 0.1) is 11.8 Å². The Bertz CT molecular complexity index is 880. The van der Waals surface area contributed by atoms with Gasteiger partial charge in [0.1, 0.15) is 17.3 Å². The zero-order valence-electron chi connectivity index (χ0n) is 14.8. The smallest absolute Gasteiger partial charge is 0.163 e. The van der Waals surface area contributed by atoms with Gasteiger partial charge in [-0.25, -0.2) is 0 Å². The second-order valence-electron chi connectivity index (χ2n) is 7.79. The van der Waals surface area contributed by atoms with Crippen LogP contribution in [-0.4, -0.2) is 16.7 Å². The van der Waals surface area contributed by atoms with Crippen molar-refractivity contribution >= 4 is 27.5 Å². The molecule has 3 atom stereocenters. The number of allylic oxidation sites excluding steroid dienone is 4. The first-order valence-corrected chi connectivity index (χ1v) is 9.83. The molecule has 0 aromatic heterocycles. The van der Waals surface area contributed by atoms with Gasteiger partial charge in [0, 0.05) is 46.9 Å². The monoisotopic (exact) mass is 416 g/mol. The first-order valence-electron chi connectivity index (χ1n) is 9.04. The SMILES string of the molecule is CC1CC(=O)C(C2C3=C(CC(C)CC3=O)Oc3ccc(Br)cc32)=C(O)C1. The lowest BCUT2D eigenvalue weighted by Crippen LogP contribution is -2.32. The molecule has 2 aliphatic carbocycles. The number of ether oxygens (including phenoxy) is 1. The molecule has 0 fully saturated rings. The minimum atomic E-state index is -0.536. The molecule has 4 nitrogen and oxygen atoms in total. The summed E-state index contributed by atoms with van der Waals surface area (Å²) in [5.74, 6) is 1.16. The highest BCUT2D eigenvalue weighted by Crippen LogP contribution is 2.50. The number of aliphatic hydroxyl groups excluding tert-OH is 1. The molecule has 1 aromatic rings. The van der Waals surface area contributed by atoms with Gasteiger partial charge in [-0.05, 0) is 30.0 Å². The third-order valence-electron chi connectivity index (χ3n) is 5.45. The van der Waals surface area contributed by atoms with E-state index in [1.807, 2.05) is 32.0 Å². The van der Waals surface area contributed by atoms with E-state index in [2.05, 4.69) is 15.9 Å². The molecule has 1 N–H and O–H groups in total. The molecule has 0 bridgehead atoms. The van der Waals surface area contributed by atoms with Crippen LogP contribution in [0.5, 0.6) is 5.75 Å². The fourth-order valence-corrected chi connectivity index (χ4v) is 4.73. The molecule has 1 aliphatic heterocycles. The molecule has 0 amide bonds. The van der Waals surface area contributed by atoms with Crippen molar-refractivity contribution in [3.05, 3.63) is 50.9 Å². The number of benzene rings is 1. The zero-order valence-corrected chi connectivity index (χ0v) is 16.4. The molecule has 136 valence electrons. The highest BCUT2D eigenvalue weighted by atomic mass is 79.9. The molecule has 1 heterocycles. The topological polar surface area (TPSA) is 63.6 Å². The van der Waals surface area contributed by atoms with Crippen LogP contribution in [0.3, 0.4) is 0 Å². The minimum absolute atomic E-state index is 0.0149. The number of hydrogen-bond donors (Lipinski definition) is 1. The number of aliphatic hydroxyl groups is 1. The number of carbonyl (C=O) groups is 2. The largest absolute Gasteiger partial charge is 0.512 e. The van der Waals surface area contributed by atoms with Crippen LogP contribution in [0.4, 0.5) is 0 Å². The van der Waals surface area contributed by atoms with Gasteiger partial charge in [0.05, 0.1) is 5.92 Å². The molecule has 4 rings (SSSR count). The predicted octanol–water partition coefficient (Wildman–Crippen LogP) is 4.99. The fraction of sp³-hybridized carbons (Fsp3) is 0.429. The van der Waals surface area contributed by atoms with E-state index >= 15 is 0 Å². The third-order valence-corrected chi connectivity index (χ3v) is 5.94. The average molecular weight is 417 g/mol. The van der Waals surface area contributed by atoms with Crippen molar-refractivity contribution in [3.8, 4) is 5.75 Å². The fourth-order valence-electron chi connectivity index (χ4n) is 4.35. The summed E-state index contributed by atoms with van der Waals surface area (Å²) in [7, 11) is 0. The summed E-state index contributed by atoms with van der Waals surface area (Å²) in [6, 6.07) is 5.63. The Morgan fingerprint density at radius 3 is 2.35 bits per heavy atom. The van der Waals surface area contributed by atoms with Crippen molar-refractivity contribution < 1.29 is 19.4 Å². The van der Waals surface area contributed by atoms with E-state index in [1.165, 1.54) is 0 Å². The number of halogens is 1. The van der Waals surface area contributed by atoms with Crippen LogP contribution >= 0.6 is 15.9 Å². The normalized spacial score (nSPS) is 28.7. The lowest BCUT2D eigenvalue weighted by Gasteiger charge is -2.36. The summed E-state index contributed by atoms with van der Waals surface area (Å²) in [6.45, 7) is 3.99. The highest BCUT2D eigenvalue weighted by molar-refractivity contribution is 9.10. The first-order chi connectivity index (χ1) is 12.3. The highest BCUT2D eigenvalue weighted by Gasteiger charge is 2.43. The van der Waals surface area contributed by atoms with E-state index in [-0.39, 0.29) is 29.2 Å². The van der Waals surface area contributed by atoms with Gasteiger partial charge in [0.2, 0.25) is 0 Å². The van der Waals surface area contributed by atoms with Crippen molar-refractivity contribution in [1.29, 1.82) is 0 Å². The third kappa shape index (κ3) is 2.82. The summed E-state index contributed by atoms with van der Waals surface area (Å²) in [6.07, 6.45) is 1.98. The van der Waals surface area contributed by atoms with Crippen LogP contribution in [0.1, 0.15) is 51.0 Å². The Morgan fingerprint density at radius 1 is 1.00 bits per heavy atom. The number of Topliss-reactive ketones (excluding diaryl/α,β-unsaturated/α-hetero) is 2. The Hall–Kier alpha value is -1.88. The summed E-state index contributed by atoms with van der Waals surface area (Å²) in [5, 5.41) is 10.7. The molecule has 0 saturated carbocycles. The maximum atomic E-state index is 12.9. The molecule has 0 saturated heterocycles. The Morgan fingerprint density at radius 2 is 1.65 bits per heavy atom.